The standard InChI is InChI=1S/C10H13ClN2/c1-3-10(13-4-2)8-5-6-12-7-9(8)11/h3,5-7,10,13H,1,4H2,2H3. The number of pyridine rings is 1. The molecule has 1 aromatic rings. The van der Waals surface area contributed by atoms with Crippen molar-refractivity contribution in [1.29, 1.82) is 0 Å². The fourth-order valence-corrected chi connectivity index (χ4v) is 1.42. The van der Waals surface area contributed by atoms with Gasteiger partial charge in [0.2, 0.25) is 0 Å². The van der Waals surface area contributed by atoms with Crippen molar-refractivity contribution < 1.29 is 0 Å². The number of aromatic nitrogens is 1. The summed E-state index contributed by atoms with van der Waals surface area (Å²) >= 11 is 5.98. The van der Waals surface area contributed by atoms with Crippen LogP contribution in [0, 0.1) is 0 Å². The summed E-state index contributed by atoms with van der Waals surface area (Å²) in [5.74, 6) is 0. The molecule has 1 unspecified atom stereocenters. The zero-order valence-corrected chi connectivity index (χ0v) is 8.38. The van der Waals surface area contributed by atoms with Gasteiger partial charge in [0.15, 0.2) is 0 Å². The van der Waals surface area contributed by atoms with Crippen molar-refractivity contribution in [3.63, 3.8) is 0 Å². The first kappa shape index (κ1) is 10.2. The van der Waals surface area contributed by atoms with E-state index in [9.17, 15) is 0 Å². The molecule has 0 aliphatic carbocycles. The zero-order valence-electron chi connectivity index (χ0n) is 7.63. The molecule has 1 aromatic heterocycles. The summed E-state index contributed by atoms with van der Waals surface area (Å²) in [6, 6.07) is 2.01. The SMILES string of the molecule is C=CC(NCC)c1ccncc1Cl. The van der Waals surface area contributed by atoms with Gasteiger partial charge in [-0.2, -0.15) is 0 Å². The molecule has 0 aromatic carbocycles. The minimum atomic E-state index is 0.112. The third-order valence-corrected chi connectivity index (χ3v) is 2.11. The molecule has 0 aliphatic rings. The molecule has 70 valence electrons. The maximum absolute atomic E-state index is 5.98. The maximum atomic E-state index is 5.98. The largest absolute Gasteiger partial charge is 0.307 e. The topological polar surface area (TPSA) is 24.9 Å². The molecule has 2 nitrogen and oxygen atoms in total. The number of likely N-dealkylation sites (N-methyl/N-ethyl adjacent to an activating group) is 1. The minimum Gasteiger partial charge on any atom is -0.307 e. The molecule has 3 heteroatoms. The molecule has 0 spiro atoms. The summed E-state index contributed by atoms with van der Waals surface area (Å²) in [6.07, 6.45) is 5.21. The van der Waals surface area contributed by atoms with Gasteiger partial charge in [0.25, 0.3) is 0 Å². The molecule has 1 N–H and O–H groups in total. The lowest BCUT2D eigenvalue weighted by Gasteiger charge is -2.14. The molecule has 1 rings (SSSR count). The molecular weight excluding hydrogens is 184 g/mol. The lowest BCUT2D eigenvalue weighted by Crippen LogP contribution is -2.18. The van der Waals surface area contributed by atoms with E-state index >= 15 is 0 Å². The molecular formula is C10H13ClN2. The Morgan fingerprint density at radius 1 is 1.77 bits per heavy atom. The van der Waals surface area contributed by atoms with Gasteiger partial charge in [0.05, 0.1) is 11.1 Å². The van der Waals surface area contributed by atoms with Crippen molar-refractivity contribution in [2.75, 3.05) is 6.54 Å². The third kappa shape index (κ3) is 2.54. The lowest BCUT2D eigenvalue weighted by molar-refractivity contribution is 0.648. The first-order valence-corrected chi connectivity index (χ1v) is 4.62. The van der Waals surface area contributed by atoms with Crippen molar-refractivity contribution in [2.45, 2.75) is 13.0 Å². The van der Waals surface area contributed by atoms with Gasteiger partial charge in [0, 0.05) is 12.4 Å². The molecule has 0 radical (unpaired) electrons. The highest BCUT2D eigenvalue weighted by molar-refractivity contribution is 6.31. The molecule has 0 amide bonds. The molecule has 0 fully saturated rings. The Hall–Kier alpha value is -0.860. The van der Waals surface area contributed by atoms with E-state index in [4.69, 9.17) is 11.6 Å². The smallest absolute Gasteiger partial charge is 0.0640 e. The first-order valence-electron chi connectivity index (χ1n) is 4.25. The number of rotatable bonds is 4. The molecule has 0 saturated carbocycles. The molecule has 1 heterocycles. The predicted molar refractivity (Wildman–Crippen MR) is 55.9 cm³/mol. The Balaban J connectivity index is 2.90. The second-order valence-corrected chi connectivity index (χ2v) is 3.08. The highest BCUT2D eigenvalue weighted by atomic mass is 35.5. The summed E-state index contributed by atoms with van der Waals surface area (Å²) in [6.45, 7) is 6.69. The van der Waals surface area contributed by atoms with E-state index in [-0.39, 0.29) is 6.04 Å². The fourth-order valence-electron chi connectivity index (χ4n) is 1.18. The molecule has 0 aliphatic heterocycles. The van der Waals surface area contributed by atoms with Crippen LogP contribution in [0.3, 0.4) is 0 Å². The monoisotopic (exact) mass is 196 g/mol. The Morgan fingerprint density at radius 2 is 2.54 bits per heavy atom. The predicted octanol–water partition coefficient (Wildman–Crippen LogP) is 2.57. The second-order valence-electron chi connectivity index (χ2n) is 2.67. The number of hydrogen-bond donors (Lipinski definition) is 1. The maximum Gasteiger partial charge on any atom is 0.0640 e. The second kappa shape index (κ2) is 5.00. The van der Waals surface area contributed by atoms with E-state index in [0.717, 1.165) is 12.1 Å². The van der Waals surface area contributed by atoms with Crippen LogP contribution in [0.4, 0.5) is 0 Å². The Bertz CT molecular complexity index is 286. The first-order chi connectivity index (χ1) is 6.29. The van der Waals surface area contributed by atoms with E-state index in [1.165, 1.54) is 0 Å². The van der Waals surface area contributed by atoms with Gasteiger partial charge in [0.1, 0.15) is 0 Å². The Kier molecular flexibility index (Phi) is 3.93. The van der Waals surface area contributed by atoms with Crippen LogP contribution >= 0.6 is 11.6 Å². The van der Waals surface area contributed by atoms with Crippen molar-refractivity contribution in [3.05, 3.63) is 41.7 Å². The van der Waals surface area contributed by atoms with Crippen LogP contribution in [-0.2, 0) is 0 Å². The van der Waals surface area contributed by atoms with Gasteiger partial charge in [-0.05, 0) is 18.2 Å². The normalized spacial score (nSPS) is 12.5. The van der Waals surface area contributed by atoms with Crippen molar-refractivity contribution in [2.24, 2.45) is 0 Å². The van der Waals surface area contributed by atoms with Crippen LogP contribution in [-0.4, -0.2) is 11.5 Å². The molecule has 13 heavy (non-hydrogen) atoms. The summed E-state index contributed by atoms with van der Waals surface area (Å²) in [5.41, 5.74) is 1.02. The Labute approximate surface area is 83.6 Å². The quantitative estimate of drug-likeness (QED) is 0.749. The van der Waals surface area contributed by atoms with Crippen LogP contribution in [0.5, 0.6) is 0 Å². The summed E-state index contributed by atoms with van der Waals surface area (Å²) < 4.78 is 0. The van der Waals surface area contributed by atoms with Crippen molar-refractivity contribution in [3.8, 4) is 0 Å². The average Bonchev–Trinajstić information content (AvgIpc) is 2.16. The summed E-state index contributed by atoms with van der Waals surface area (Å²) in [5, 5.41) is 3.93. The third-order valence-electron chi connectivity index (χ3n) is 1.80. The highest BCUT2D eigenvalue weighted by Crippen LogP contribution is 2.21. The summed E-state index contributed by atoms with van der Waals surface area (Å²) in [7, 11) is 0. The van der Waals surface area contributed by atoms with Crippen molar-refractivity contribution in [1.82, 2.24) is 10.3 Å². The molecule has 0 bridgehead atoms. The van der Waals surface area contributed by atoms with E-state index in [1.54, 1.807) is 12.4 Å². The molecule has 1 atom stereocenters. The Morgan fingerprint density at radius 3 is 3.08 bits per heavy atom. The average molecular weight is 197 g/mol. The van der Waals surface area contributed by atoms with Crippen LogP contribution in [0.15, 0.2) is 31.1 Å². The van der Waals surface area contributed by atoms with Gasteiger partial charge in [-0.1, -0.05) is 24.6 Å². The van der Waals surface area contributed by atoms with E-state index < -0.39 is 0 Å². The molecule has 0 saturated heterocycles. The van der Waals surface area contributed by atoms with Crippen LogP contribution in [0.1, 0.15) is 18.5 Å². The minimum absolute atomic E-state index is 0.112. The van der Waals surface area contributed by atoms with Gasteiger partial charge < -0.3 is 5.32 Å². The number of nitrogens with zero attached hydrogens (tertiary/aromatic N) is 1. The van der Waals surface area contributed by atoms with E-state index in [0.29, 0.717) is 5.02 Å². The van der Waals surface area contributed by atoms with Crippen LogP contribution < -0.4 is 5.32 Å². The van der Waals surface area contributed by atoms with Crippen LogP contribution in [0.25, 0.3) is 0 Å². The fraction of sp³-hybridized carbons (Fsp3) is 0.300. The highest BCUT2D eigenvalue weighted by Gasteiger charge is 2.08. The van der Waals surface area contributed by atoms with Gasteiger partial charge >= 0.3 is 0 Å². The number of nitrogens with one attached hydrogen (secondary N) is 1. The van der Waals surface area contributed by atoms with Gasteiger partial charge in [-0.25, -0.2) is 0 Å². The van der Waals surface area contributed by atoms with Gasteiger partial charge in [-0.3, -0.25) is 4.98 Å². The van der Waals surface area contributed by atoms with E-state index in [1.807, 2.05) is 19.1 Å². The number of halogens is 1. The summed E-state index contributed by atoms with van der Waals surface area (Å²) in [4.78, 5) is 3.93. The number of hydrogen-bond acceptors (Lipinski definition) is 2. The van der Waals surface area contributed by atoms with Crippen LogP contribution in [0.2, 0.25) is 5.02 Å². The zero-order chi connectivity index (χ0) is 9.68. The lowest BCUT2D eigenvalue weighted by atomic mass is 10.1. The van der Waals surface area contributed by atoms with E-state index in [2.05, 4.69) is 16.9 Å². The van der Waals surface area contributed by atoms with Crippen molar-refractivity contribution >= 4 is 11.6 Å². The van der Waals surface area contributed by atoms with Gasteiger partial charge in [-0.15, -0.1) is 6.58 Å².